The van der Waals surface area contributed by atoms with Gasteiger partial charge in [0.1, 0.15) is 11.5 Å². The van der Waals surface area contributed by atoms with Gasteiger partial charge in [-0.3, -0.25) is 9.78 Å². The maximum atomic E-state index is 13.2. The summed E-state index contributed by atoms with van der Waals surface area (Å²) in [7, 11) is 0. The highest BCUT2D eigenvalue weighted by Crippen LogP contribution is 2.24. The highest BCUT2D eigenvalue weighted by molar-refractivity contribution is 5.94. The number of aromatic nitrogens is 3. The first-order valence-electron chi connectivity index (χ1n) is 10.6. The average Bonchev–Trinajstić information content (AvgIpc) is 3.07. The van der Waals surface area contributed by atoms with Crippen LogP contribution < -0.4 is 15.4 Å². The van der Waals surface area contributed by atoms with Crippen molar-refractivity contribution in [3.05, 3.63) is 96.6 Å². The molecule has 1 amide bonds. The Morgan fingerprint density at radius 1 is 0.970 bits per heavy atom. The SMILES string of the molecule is O=C(c1ccc(Oc2ccccc2)cc1)N1CCNc2cnc(Nc3cccnc3)nc2C1. The van der Waals surface area contributed by atoms with Crippen LogP contribution >= 0.6 is 0 Å². The van der Waals surface area contributed by atoms with Crippen LogP contribution in [0.4, 0.5) is 17.3 Å². The van der Waals surface area contributed by atoms with E-state index in [9.17, 15) is 4.79 Å². The number of hydrogen-bond donors (Lipinski definition) is 2. The van der Waals surface area contributed by atoms with Gasteiger partial charge in [0.05, 0.1) is 36.0 Å². The standard InChI is InChI=1S/C25H22N6O2/c32-24(18-8-10-21(11-9-18)33-20-6-2-1-3-7-20)31-14-13-27-22-16-28-25(30-23(22)17-31)29-19-5-4-12-26-15-19/h1-12,15-16,27H,13-14,17H2,(H,28,29,30). The zero-order valence-electron chi connectivity index (χ0n) is 17.8. The molecule has 0 radical (unpaired) electrons. The fourth-order valence-electron chi connectivity index (χ4n) is 3.54. The molecule has 0 fully saturated rings. The normalized spacial score (nSPS) is 12.8. The molecule has 1 aliphatic heterocycles. The second-order valence-corrected chi connectivity index (χ2v) is 7.51. The lowest BCUT2D eigenvalue weighted by atomic mass is 10.2. The second-order valence-electron chi connectivity index (χ2n) is 7.51. The van der Waals surface area contributed by atoms with Crippen molar-refractivity contribution in [2.75, 3.05) is 23.7 Å². The first-order chi connectivity index (χ1) is 16.2. The Morgan fingerprint density at radius 3 is 2.58 bits per heavy atom. The van der Waals surface area contributed by atoms with Crippen molar-refractivity contribution in [2.24, 2.45) is 0 Å². The Morgan fingerprint density at radius 2 is 1.79 bits per heavy atom. The first kappa shape index (κ1) is 20.4. The maximum Gasteiger partial charge on any atom is 0.254 e. The van der Waals surface area contributed by atoms with Crippen LogP contribution in [0.5, 0.6) is 11.5 Å². The number of carbonyl (C=O) groups is 1. The molecule has 0 aliphatic carbocycles. The Balaban J connectivity index is 1.30. The fourth-order valence-corrected chi connectivity index (χ4v) is 3.54. The van der Waals surface area contributed by atoms with E-state index in [1.165, 1.54) is 0 Å². The molecule has 8 nitrogen and oxygen atoms in total. The van der Waals surface area contributed by atoms with E-state index in [-0.39, 0.29) is 5.91 Å². The summed E-state index contributed by atoms with van der Waals surface area (Å²) in [6.45, 7) is 1.56. The van der Waals surface area contributed by atoms with Crippen molar-refractivity contribution in [3.8, 4) is 11.5 Å². The number of nitrogens with one attached hydrogen (secondary N) is 2. The van der Waals surface area contributed by atoms with E-state index in [1.807, 2.05) is 54.6 Å². The molecule has 8 heteroatoms. The average molecular weight is 438 g/mol. The van der Waals surface area contributed by atoms with Gasteiger partial charge in [0.15, 0.2) is 0 Å². The molecule has 3 heterocycles. The third kappa shape index (κ3) is 4.90. The van der Waals surface area contributed by atoms with Gasteiger partial charge in [-0.1, -0.05) is 18.2 Å². The van der Waals surface area contributed by atoms with Crippen LogP contribution in [-0.4, -0.2) is 38.8 Å². The van der Waals surface area contributed by atoms with Crippen LogP contribution in [0.2, 0.25) is 0 Å². The lowest BCUT2D eigenvalue weighted by Gasteiger charge is -2.20. The molecule has 0 bridgehead atoms. The molecule has 4 aromatic rings. The molecule has 2 aromatic carbocycles. The van der Waals surface area contributed by atoms with Crippen LogP contribution in [0.25, 0.3) is 0 Å². The molecule has 0 atom stereocenters. The second kappa shape index (κ2) is 9.35. The van der Waals surface area contributed by atoms with E-state index >= 15 is 0 Å². The van der Waals surface area contributed by atoms with Crippen LogP contribution in [0, 0.1) is 0 Å². The maximum absolute atomic E-state index is 13.2. The summed E-state index contributed by atoms with van der Waals surface area (Å²) in [6.07, 6.45) is 5.15. The summed E-state index contributed by atoms with van der Waals surface area (Å²) in [4.78, 5) is 28.1. The van der Waals surface area contributed by atoms with Gasteiger partial charge in [-0.2, -0.15) is 0 Å². The summed E-state index contributed by atoms with van der Waals surface area (Å²) in [5.41, 5.74) is 2.98. The zero-order chi connectivity index (χ0) is 22.5. The Kier molecular flexibility index (Phi) is 5.79. The molecule has 1 aliphatic rings. The van der Waals surface area contributed by atoms with Gasteiger partial charge in [-0.25, -0.2) is 9.97 Å². The predicted molar refractivity (Wildman–Crippen MR) is 126 cm³/mol. The van der Waals surface area contributed by atoms with Crippen LogP contribution in [0.1, 0.15) is 16.1 Å². The number of nitrogens with zero attached hydrogens (tertiary/aromatic N) is 4. The summed E-state index contributed by atoms with van der Waals surface area (Å²) >= 11 is 0. The molecule has 0 saturated carbocycles. The molecule has 5 rings (SSSR count). The van der Waals surface area contributed by atoms with Crippen molar-refractivity contribution in [1.29, 1.82) is 0 Å². The topological polar surface area (TPSA) is 92.3 Å². The van der Waals surface area contributed by atoms with Gasteiger partial charge in [-0.05, 0) is 48.5 Å². The number of rotatable bonds is 5. The highest BCUT2D eigenvalue weighted by atomic mass is 16.5. The fraction of sp³-hybridized carbons (Fsp3) is 0.120. The molecule has 2 aromatic heterocycles. The molecule has 0 spiro atoms. The smallest absolute Gasteiger partial charge is 0.254 e. The predicted octanol–water partition coefficient (Wildman–Crippen LogP) is 4.48. The number of amides is 1. The van der Waals surface area contributed by atoms with Gasteiger partial charge >= 0.3 is 0 Å². The third-order valence-electron chi connectivity index (χ3n) is 5.19. The Bertz CT molecular complexity index is 1230. The number of carbonyl (C=O) groups excluding carboxylic acids is 1. The van der Waals surface area contributed by atoms with Gasteiger partial charge in [0.2, 0.25) is 5.95 Å². The summed E-state index contributed by atoms with van der Waals surface area (Å²) < 4.78 is 5.82. The Labute approximate surface area is 191 Å². The minimum absolute atomic E-state index is 0.0590. The first-order valence-corrected chi connectivity index (χ1v) is 10.6. The molecular weight excluding hydrogens is 416 g/mol. The van der Waals surface area contributed by atoms with Crippen molar-refractivity contribution < 1.29 is 9.53 Å². The minimum Gasteiger partial charge on any atom is -0.457 e. The van der Waals surface area contributed by atoms with Crippen molar-refractivity contribution in [3.63, 3.8) is 0 Å². The number of anilines is 3. The van der Waals surface area contributed by atoms with Crippen molar-refractivity contribution in [2.45, 2.75) is 6.54 Å². The van der Waals surface area contributed by atoms with E-state index in [1.54, 1.807) is 35.6 Å². The third-order valence-corrected chi connectivity index (χ3v) is 5.19. The van der Waals surface area contributed by atoms with Crippen molar-refractivity contribution >= 4 is 23.2 Å². The Hall–Kier alpha value is -4.46. The monoisotopic (exact) mass is 438 g/mol. The van der Waals surface area contributed by atoms with Gasteiger partial charge in [0, 0.05) is 24.8 Å². The molecule has 2 N–H and O–H groups in total. The van der Waals surface area contributed by atoms with Gasteiger partial charge in [-0.15, -0.1) is 0 Å². The molecule has 33 heavy (non-hydrogen) atoms. The summed E-state index contributed by atoms with van der Waals surface area (Å²) in [6, 6.07) is 20.5. The minimum atomic E-state index is -0.0590. The zero-order valence-corrected chi connectivity index (χ0v) is 17.8. The number of pyridine rings is 1. The summed E-state index contributed by atoms with van der Waals surface area (Å²) in [5, 5.41) is 6.46. The van der Waals surface area contributed by atoms with E-state index in [0.717, 1.165) is 22.8 Å². The van der Waals surface area contributed by atoms with E-state index in [4.69, 9.17) is 4.74 Å². The lowest BCUT2D eigenvalue weighted by Crippen LogP contribution is -2.32. The number of hydrogen-bond acceptors (Lipinski definition) is 7. The largest absolute Gasteiger partial charge is 0.457 e. The summed E-state index contributed by atoms with van der Waals surface area (Å²) in [5.74, 6) is 1.83. The molecule has 0 unspecified atom stereocenters. The van der Waals surface area contributed by atoms with E-state index < -0.39 is 0 Å². The van der Waals surface area contributed by atoms with Gasteiger partial charge < -0.3 is 20.3 Å². The van der Waals surface area contributed by atoms with Gasteiger partial charge in [0.25, 0.3) is 5.91 Å². The number of para-hydroxylation sites is 1. The lowest BCUT2D eigenvalue weighted by molar-refractivity contribution is 0.0751. The molecule has 164 valence electrons. The van der Waals surface area contributed by atoms with E-state index in [0.29, 0.717) is 36.9 Å². The van der Waals surface area contributed by atoms with Crippen LogP contribution in [0.15, 0.2) is 85.3 Å². The van der Waals surface area contributed by atoms with Crippen LogP contribution in [0.3, 0.4) is 0 Å². The van der Waals surface area contributed by atoms with Crippen LogP contribution in [-0.2, 0) is 6.54 Å². The van der Waals surface area contributed by atoms with Crippen molar-refractivity contribution in [1.82, 2.24) is 19.9 Å². The molecular formula is C25H22N6O2. The highest BCUT2D eigenvalue weighted by Gasteiger charge is 2.22. The number of ether oxygens (including phenoxy) is 1. The number of benzene rings is 2. The molecule has 0 saturated heterocycles. The quantitative estimate of drug-likeness (QED) is 0.475. The number of fused-ring (bicyclic) bond motifs is 1. The van der Waals surface area contributed by atoms with E-state index in [2.05, 4.69) is 25.6 Å².